The molecular formula is C16H11BrN2O4. The highest BCUT2D eigenvalue weighted by Crippen LogP contribution is 2.27. The Kier molecular flexibility index (Phi) is 3.87. The van der Waals surface area contributed by atoms with Gasteiger partial charge in [-0.1, -0.05) is 40.2 Å². The van der Waals surface area contributed by atoms with Crippen LogP contribution in [0.15, 0.2) is 46.6 Å². The predicted octanol–water partition coefficient (Wildman–Crippen LogP) is 2.58. The number of imide groups is 1. The third kappa shape index (κ3) is 2.95. The molecule has 1 fully saturated rings. The Morgan fingerprint density at radius 1 is 1.22 bits per heavy atom. The third-order valence-electron chi connectivity index (χ3n) is 3.42. The number of amides is 3. The van der Waals surface area contributed by atoms with Gasteiger partial charge in [0.1, 0.15) is 12.2 Å². The lowest BCUT2D eigenvalue weighted by molar-refractivity contribution is -0.140. The number of hydrogen-bond donors (Lipinski definition) is 2. The number of fused-ring (bicyclic) bond motifs is 1. The Labute approximate surface area is 139 Å². The molecule has 0 atom stereocenters. The molecule has 0 radical (unpaired) electrons. The van der Waals surface area contributed by atoms with Crippen LogP contribution in [0.3, 0.4) is 0 Å². The number of nitrogens with one attached hydrogen (secondary N) is 1. The fourth-order valence-electron chi connectivity index (χ4n) is 2.35. The molecule has 0 spiro atoms. The maximum Gasteiger partial charge on any atom is 0.329 e. The van der Waals surface area contributed by atoms with Crippen molar-refractivity contribution >= 4 is 50.7 Å². The summed E-state index contributed by atoms with van der Waals surface area (Å²) in [6, 6.07) is 10.8. The molecule has 0 saturated carbocycles. The van der Waals surface area contributed by atoms with E-state index in [1.165, 1.54) is 6.08 Å². The molecule has 0 aliphatic carbocycles. The molecule has 0 unspecified atom stereocenters. The average molecular weight is 375 g/mol. The molecule has 116 valence electrons. The molecule has 7 heteroatoms. The molecule has 1 aliphatic heterocycles. The highest BCUT2D eigenvalue weighted by molar-refractivity contribution is 9.10. The van der Waals surface area contributed by atoms with Gasteiger partial charge in [-0.2, -0.15) is 0 Å². The molecule has 1 aliphatic rings. The number of carbonyl (C=O) groups excluding carboxylic acids is 2. The lowest BCUT2D eigenvalue weighted by atomic mass is 10.1. The van der Waals surface area contributed by atoms with Crippen molar-refractivity contribution in [1.29, 1.82) is 0 Å². The van der Waals surface area contributed by atoms with Gasteiger partial charge in [0, 0.05) is 4.47 Å². The van der Waals surface area contributed by atoms with Crippen molar-refractivity contribution in [3.05, 3.63) is 52.1 Å². The molecule has 2 aromatic rings. The van der Waals surface area contributed by atoms with E-state index in [4.69, 9.17) is 5.11 Å². The van der Waals surface area contributed by atoms with E-state index in [0.717, 1.165) is 15.2 Å². The molecule has 3 amide bonds. The van der Waals surface area contributed by atoms with Crippen molar-refractivity contribution < 1.29 is 19.5 Å². The number of carboxylic acid groups (broad SMARTS) is 1. The van der Waals surface area contributed by atoms with Gasteiger partial charge < -0.3 is 10.4 Å². The summed E-state index contributed by atoms with van der Waals surface area (Å²) in [6.07, 6.45) is 1.53. The Hall–Kier alpha value is -2.67. The average Bonchev–Trinajstić information content (AvgIpc) is 2.75. The first-order valence-corrected chi connectivity index (χ1v) is 7.49. The van der Waals surface area contributed by atoms with Crippen LogP contribution in [0.2, 0.25) is 0 Å². The van der Waals surface area contributed by atoms with E-state index in [2.05, 4.69) is 21.2 Å². The van der Waals surface area contributed by atoms with Crippen molar-refractivity contribution in [1.82, 2.24) is 10.2 Å². The van der Waals surface area contributed by atoms with Gasteiger partial charge in [0.05, 0.1) is 0 Å². The second kappa shape index (κ2) is 5.85. The van der Waals surface area contributed by atoms with E-state index < -0.39 is 24.5 Å². The van der Waals surface area contributed by atoms with Gasteiger partial charge >= 0.3 is 12.0 Å². The number of benzene rings is 2. The van der Waals surface area contributed by atoms with E-state index >= 15 is 0 Å². The Morgan fingerprint density at radius 3 is 2.52 bits per heavy atom. The maximum absolute atomic E-state index is 12.1. The Balaban J connectivity index is 1.99. The quantitative estimate of drug-likeness (QED) is 0.638. The van der Waals surface area contributed by atoms with Crippen LogP contribution in [-0.4, -0.2) is 34.5 Å². The molecule has 3 rings (SSSR count). The van der Waals surface area contributed by atoms with Gasteiger partial charge in [0.15, 0.2) is 0 Å². The van der Waals surface area contributed by atoms with Crippen LogP contribution in [0, 0.1) is 0 Å². The van der Waals surface area contributed by atoms with Crippen LogP contribution in [0.5, 0.6) is 0 Å². The molecule has 2 aromatic carbocycles. The predicted molar refractivity (Wildman–Crippen MR) is 87.5 cm³/mol. The lowest BCUT2D eigenvalue weighted by Gasteiger charge is -2.07. The van der Waals surface area contributed by atoms with Crippen molar-refractivity contribution in [2.45, 2.75) is 0 Å². The largest absolute Gasteiger partial charge is 0.480 e. The number of aliphatic carboxylic acids is 1. The third-order valence-corrected chi connectivity index (χ3v) is 4.11. The summed E-state index contributed by atoms with van der Waals surface area (Å²) in [5, 5.41) is 13.2. The summed E-state index contributed by atoms with van der Waals surface area (Å²) in [6.45, 7) is -0.666. The first kappa shape index (κ1) is 15.2. The zero-order chi connectivity index (χ0) is 16.6. The SMILES string of the molecule is O=C(O)CN1C(=O)N/C(=C\c2cc3ccccc3cc2Br)C1=O. The molecule has 0 bridgehead atoms. The summed E-state index contributed by atoms with van der Waals surface area (Å²) in [5.41, 5.74) is 0.761. The molecule has 2 N–H and O–H groups in total. The van der Waals surface area contributed by atoms with Crippen LogP contribution in [0.4, 0.5) is 4.79 Å². The highest BCUT2D eigenvalue weighted by Gasteiger charge is 2.34. The number of hydrogen-bond acceptors (Lipinski definition) is 3. The number of carbonyl (C=O) groups is 3. The Bertz CT molecular complexity index is 876. The maximum atomic E-state index is 12.1. The van der Waals surface area contributed by atoms with Crippen LogP contribution in [0.1, 0.15) is 5.56 Å². The minimum atomic E-state index is -1.25. The molecule has 0 aromatic heterocycles. The van der Waals surface area contributed by atoms with Crippen LogP contribution < -0.4 is 5.32 Å². The van der Waals surface area contributed by atoms with Gasteiger partial charge in [0.2, 0.25) is 0 Å². The summed E-state index contributed by atoms with van der Waals surface area (Å²) in [5.74, 6) is -1.90. The van der Waals surface area contributed by atoms with Crippen molar-refractivity contribution in [3.8, 4) is 0 Å². The molecule has 1 saturated heterocycles. The van der Waals surface area contributed by atoms with E-state index in [1.54, 1.807) is 0 Å². The second-order valence-electron chi connectivity index (χ2n) is 4.99. The number of nitrogens with zero attached hydrogens (tertiary/aromatic N) is 1. The van der Waals surface area contributed by atoms with Gasteiger partial charge in [-0.3, -0.25) is 9.59 Å². The van der Waals surface area contributed by atoms with Gasteiger partial charge in [0.25, 0.3) is 5.91 Å². The zero-order valence-electron chi connectivity index (χ0n) is 11.7. The number of carboxylic acids is 1. The van der Waals surface area contributed by atoms with E-state index in [-0.39, 0.29) is 5.70 Å². The van der Waals surface area contributed by atoms with Gasteiger partial charge in [-0.05, 0) is 34.5 Å². The topological polar surface area (TPSA) is 86.7 Å². The second-order valence-corrected chi connectivity index (χ2v) is 5.85. The van der Waals surface area contributed by atoms with Crippen molar-refractivity contribution in [2.24, 2.45) is 0 Å². The molecule has 6 nitrogen and oxygen atoms in total. The fourth-order valence-corrected chi connectivity index (χ4v) is 2.82. The smallest absolute Gasteiger partial charge is 0.329 e. The molecule has 1 heterocycles. The minimum absolute atomic E-state index is 0.0484. The normalized spacial score (nSPS) is 16.2. The summed E-state index contributed by atoms with van der Waals surface area (Å²) in [7, 11) is 0. The number of urea groups is 1. The first-order valence-electron chi connectivity index (χ1n) is 6.70. The molecular weight excluding hydrogens is 364 g/mol. The molecule has 23 heavy (non-hydrogen) atoms. The summed E-state index contributed by atoms with van der Waals surface area (Å²) in [4.78, 5) is 35.2. The van der Waals surface area contributed by atoms with Crippen molar-refractivity contribution in [2.75, 3.05) is 6.54 Å². The number of halogens is 1. The fraction of sp³-hybridized carbons (Fsp3) is 0.0625. The monoisotopic (exact) mass is 374 g/mol. The first-order chi connectivity index (χ1) is 11.0. The lowest BCUT2D eigenvalue weighted by Crippen LogP contribution is -2.35. The van der Waals surface area contributed by atoms with E-state index in [1.807, 2.05) is 36.4 Å². The van der Waals surface area contributed by atoms with Crippen LogP contribution >= 0.6 is 15.9 Å². The summed E-state index contributed by atoms with van der Waals surface area (Å²) < 4.78 is 0.766. The number of rotatable bonds is 3. The van der Waals surface area contributed by atoms with Gasteiger partial charge in [-0.25, -0.2) is 9.69 Å². The zero-order valence-corrected chi connectivity index (χ0v) is 13.3. The van der Waals surface area contributed by atoms with Crippen molar-refractivity contribution in [3.63, 3.8) is 0 Å². The van der Waals surface area contributed by atoms with E-state index in [9.17, 15) is 14.4 Å². The summed E-state index contributed by atoms with van der Waals surface area (Å²) >= 11 is 3.44. The highest BCUT2D eigenvalue weighted by atomic mass is 79.9. The van der Waals surface area contributed by atoms with Gasteiger partial charge in [-0.15, -0.1) is 0 Å². The van der Waals surface area contributed by atoms with Crippen LogP contribution in [0.25, 0.3) is 16.8 Å². The Morgan fingerprint density at radius 2 is 1.87 bits per heavy atom. The van der Waals surface area contributed by atoms with Crippen LogP contribution in [-0.2, 0) is 9.59 Å². The minimum Gasteiger partial charge on any atom is -0.480 e. The standard InChI is InChI=1S/C16H11BrN2O4/c17-12-6-10-4-2-1-3-9(10)5-11(12)7-13-15(22)19(8-14(20)21)16(23)18-13/h1-7H,8H2,(H,18,23)(H,20,21)/b13-7-. The van der Waals surface area contributed by atoms with E-state index in [0.29, 0.717) is 10.5 Å².